The van der Waals surface area contributed by atoms with Crippen LogP contribution in [0, 0.1) is 0 Å². The molecular formula is C21H31NP2+2. The van der Waals surface area contributed by atoms with Crippen molar-refractivity contribution in [3.8, 4) is 0 Å². The summed E-state index contributed by atoms with van der Waals surface area (Å²) in [5, 5.41) is 3.13. The van der Waals surface area contributed by atoms with Gasteiger partial charge in [-0.15, -0.1) is 0 Å². The van der Waals surface area contributed by atoms with Crippen molar-refractivity contribution in [1.82, 2.24) is 0 Å². The summed E-state index contributed by atoms with van der Waals surface area (Å²) in [5.74, 6) is 0. The van der Waals surface area contributed by atoms with E-state index in [2.05, 4.69) is 109 Å². The van der Waals surface area contributed by atoms with Crippen LogP contribution in [0.25, 0.3) is 0 Å². The van der Waals surface area contributed by atoms with Gasteiger partial charge in [0.25, 0.3) is 7.71 Å². The zero-order valence-electron chi connectivity index (χ0n) is 16.1. The molecule has 3 heteroatoms. The molecule has 128 valence electrons. The molecule has 0 aliphatic rings. The van der Waals surface area contributed by atoms with Crippen molar-refractivity contribution in [2.75, 3.05) is 6.66 Å². The standard InChI is InChI=1S/C21H31NP2/c1-20(2,3)23(21(4,5)6)22-24(7,18-14-10-8-11-15-18)19-16-12-9-13-17-19/h8-17H,1-7H3/q+2. The highest BCUT2D eigenvalue weighted by Crippen LogP contribution is 2.65. The summed E-state index contributed by atoms with van der Waals surface area (Å²) in [6.07, 6.45) is 0. The predicted octanol–water partition coefficient (Wildman–Crippen LogP) is 6.46. The minimum absolute atomic E-state index is 0.193. The third-order valence-corrected chi connectivity index (χ3v) is 11.4. The van der Waals surface area contributed by atoms with Crippen LogP contribution in [0.2, 0.25) is 0 Å². The van der Waals surface area contributed by atoms with Gasteiger partial charge in [0.15, 0.2) is 0 Å². The zero-order valence-corrected chi connectivity index (χ0v) is 17.9. The Balaban J connectivity index is 2.74. The Hall–Kier alpha value is -1.03. The second-order valence-electron chi connectivity index (χ2n) is 8.37. The second kappa shape index (κ2) is 7.07. The van der Waals surface area contributed by atoms with Crippen LogP contribution in [0.1, 0.15) is 41.5 Å². The first-order valence-electron chi connectivity index (χ1n) is 8.56. The molecule has 0 aliphatic heterocycles. The molecule has 0 unspecified atom stereocenters. The van der Waals surface area contributed by atoms with Crippen molar-refractivity contribution in [3.05, 3.63) is 60.7 Å². The third kappa shape index (κ3) is 4.33. The maximum atomic E-state index is 5.67. The molecule has 24 heavy (non-hydrogen) atoms. The van der Waals surface area contributed by atoms with E-state index in [-0.39, 0.29) is 10.3 Å². The lowest BCUT2D eigenvalue weighted by Gasteiger charge is -2.22. The van der Waals surface area contributed by atoms with E-state index in [1.165, 1.54) is 10.6 Å². The average Bonchev–Trinajstić information content (AvgIpc) is 2.52. The highest BCUT2D eigenvalue weighted by atomic mass is 31.2. The molecule has 0 saturated carbocycles. The largest absolute Gasteiger partial charge is 0.257 e. The van der Waals surface area contributed by atoms with Crippen molar-refractivity contribution in [1.29, 1.82) is 0 Å². The molecule has 0 saturated heterocycles. The smallest absolute Gasteiger partial charge is 0.0620 e. The molecule has 0 spiro atoms. The molecule has 0 amide bonds. The quantitative estimate of drug-likeness (QED) is 0.558. The van der Waals surface area contributed by atoms with Crippen molar-refractivity contribution in [3.63, 3.8) is 0 Å². The van der Waals surface area contributed by atoms with Crippen LogP contribution in [0.15, 0.2) is 65.2 Å². The summed E-state index contributed by atoms with van der Waals surface area (Å²) >= 11 is 0. The topological polar surface area (TPSA) is 12.4 Å². The molecule has 0 atom stereocenters. The van der Waals surface area contributed by atoms with Gasteiger partial charge in [-0.3, -0.25) is 0 Å². The lowest BCUT2D eigenvalue weighted by atomic mass is 10.2. The maximum Gasteiger partial charge on any atom is 0.257 e. The average molecular weight is 359 g/mol. The van der Waals surface area contributed by atoms with Crippen LogP contribution in [0.3, 0.4) is 0 Å². The van der Waals surface area contributed by atoms with E-state index < -0.39 is 15.1 Å². The highest BCUT2D eigenvalue weighted by molar-refractivity contribution is 7.90. The van der Waals surface area contributed by atoms with Crippen LogP contribution in [0.4, 0.5) is 0 Å². The second-order valence-corrected chi connectivity index (χ2v) is 15.3. The van der Waals surface area contributed by atoms with Gasteiger partial charge in [0.1, 0.15) is 20.9 Å². The minimum Gasteiger partial charge on any atom is -0.0620 e. The first-order valence-corrected chi connectivity index (χ1v) is 12.0. The first-order chi connectivity index (χ1) is 11.0. The van der Waals surface area contributed by atoms with Crippen LogP contribution >= 0.6 is 15.1 Å². The Morgan fingerprint density at radius 2 is 1.00 bits per heavy atom. The summed E-state index contributed by atoms with van der Waals surface area (Å²) < 4.78 is 5.67. The fourth-order valence-corrected chi connectivity index (χ4v) is 11.4. The third-order valence-electron chi connectivity index (χ3n) is 4.06. The summed E-state index contributed by atoms with van der Waals surface area (Å²) in [4.78, 5) is 0. The van der Waals surface area contributed by atoms with E-state index in [0.717, 1.165) is 0 Å². The first kappa shape index (κ1) is 19.3. The molecule has 0 fully saturated rings. The van der Waals surface area contributed by atoms with Gasteiger partial charge in [-0.1, -0.05) is 36.4 Å². The fraction of sp³-hybridized carbons (Fsp3) is 0.429. The van der Waals surface area contributed by atoms with Gasteiger partial charge >= 0.3 is 0 Å². The Morgan fingerprint density at radius 1 is 0.667 bits per heavy atom. The highest BCUT2D eigenvalue weighted by Gasteiger charge is 2.50. The van der Waals surface area contributed by atoms with Gasteiger partial charge in [-0.2, -0.15) is 0 Å². The van der Waals surface area contributed by atoms with Crippen molar-refractivity contribution < 1.29 is 0 Å². The van der Waals surface area contributed by atoms with Gasteiger partial charge in [0.2, 0.25) is 7.41 Å². The van der Waals surface area contributed by atoms with E-state index in [9.17, 15) is 0 Å². The molecule has 2 rings (SSSR count). The van der Waals surface area contributed by atoms with Crippen LogP contribution in [-0.4, -0.2) is 17.0 Å². The van der Waals surface area contributed by atoms with Crippen LogP contribution in [0.5, 0.6) is 0 Å². The SMILES string of the molecule is CC(C)(C)[P+](=N[P+](C)(c1ccccc1)c1ccccc1)C(C)(C)C. The molecule has 0 heterocycles. The summed E-state index contributed by atoms with van der Waals surface area (Å²) in [5.41, 5.74) is 0. The summed E-state index contributed by atoms with van der Waals surface area (Å²) in [7, 11) is -2.27. The van der Waals surface area contributed by atoms with E-state index in [0.29, 0.717) is 0 Å². The summed E-state index contributed by atoms with van der Waals surface area (Å²) in [6.45, 7) is 16.4. The van der Waals surface area contributed by atoms with Crippen molar-refractivity contribution >= 4 is 25.7 Å². The van der Waals surface area contributed by atoms with Gasteiger partial charge in [-0.05, 0) is 65.8 Å². The molecular weight excluding hydrogens is 328 g/mol. The Morgan fingerprint density at radius 3 is 1.29 bits per heavy atom. The number of hydrogen-bond donors (Lipinski definition) is 0. The molecule has 0 bridgehead atoms. The summed E-state index contributed by atoms with van der Waals surface area (Å²) in [6, 6.07) is 21.8. The maximum absolute atomic E-state index is 5.67. The lowest BCUT2D eigenvalue weighted by molar-refractivity contribution is 0.715. The van der Waals surface area contributed by atoms with Gasteiger partial charge in [0.05, 0.1) is 11.2 Å². The molecule has 0 N–H and O–H groups in total. The molecule has 1 nitrogen and oxygen atoms in total. The molecule has 0 aromatic heterocycles. The van der Waals surface area contributed by atoms with E-state index in [1.54, 1.807) is 0 Å². The van der Waals surface area contributed by atoms with Crippen LogP contribution < -0.4 is 10.6 Å². The van der Waals surface area contributed by atoms with Gasteiger partial charge < -0.3 is 0 Å². The van der Waals surface area contributed by atoms with Crippen molar-refractivity contribution in [2.24, 2.45) is 4.52 Å². The zero-order chi connectivity index (χ0) is 18.0. The molecule has 2 aromatic rings. The fourth-order valence-electron chi connectivity index (χ4n) is 3.14. The molecule has 0 radical (unpaired) electrons. The number of rotatable bonds is 3. The van der Waals surface area contributed by atoms with E-state index >= 15 is 0 Å². The number of benzene rings is 2. The van der Waals surface area contributed by atoms with E-state index in [4.69, 9.17) is 4.52 Å². The van der Waals surface area contributed by atoms with Gasteiger partial charge in [0, 0.05) is 0 Å². The van der Waals surface area contributed by atoms with Gasteiger partial charge in [-0.25, -0.2) is 0 Å². The minimum atomic E-state index is -1.77. The number of nitrogens with zero attached hydrogens (tertiary/aromatic N) is 1. The van der Waals surface area contributed by atoms with E-state index in [1.807, 2.05) is 0 Å². The Kier molecular flexibility index (Phi) is 5.68. The lowest BCUT2D eigenvalue weighted by Crippen LogP contribution is -2.24. The van der Waals surface area contributed by atoms with Crippen LogP contribution in [-0.2, 0) is 0 Å². The number of hydrogen-bond acceptors (Lipinski definition) is 1. The molecule has 0 aliphatic carbocycles. The monoisotopic (exact) mass is 359 g/mol. The Bertz CT molecular complexity index is 637. The molecule has 2 aromatic carbocycles. The normalized spacial score (nSPS) is 12.8. The Labute approximate surface area is 149 Å². The predicted molar refractivity (Wildman–Crippen MR) is 114 cm³/mol. The van der Waals surface area contributed by atoms with Crippen molar-refractivity contribution in [2.45, 2.75) is 51.9 Å².